The van der Waals surface area contributed by atoms with Crippen LogP contribution in [0.4, 0.5) is 19.3 Å². The number of hydrogen-bond acceptors (Lipinski definition) is 2. The molecule has 3 N–H and O–H groups in total. The van der Waals surface area contributed by atoms with E-state index in [0.29, 0.717) is 6.07 Å². The topological polar surface area (TPSA) is 61.4 Å². The van der Waals surface area contributed by atoms with Crippen LogP contribution < -0.4 is 10.6 Å². The van der Waals surface area contributed by atoms with Crippen LogP contribution in [0.5, 0.6) is 0 Å². The lowest BCUT2D eigenvalue weighted by atomic mass is 10.1. The van der Waals surface area contributed by atoms with Crippen LogP contribution in [0.15, 0.2) is 18.2 Å². The summed E-state index contributed by atoms with van der Waals surface area (Å²) in [5, 5.41) is 14.2. The summed E-state index contributed by atoms with van der Waals surface area (Å²) in [5.41, 5.74) is -0.0718. The van der Waals surface area contributed by atoms with E-state index in [0.717, 1.165) is 25.3 Å². The summed E-state index contributed by atoms with van der Waals surface area (Å²) in [6.45, 7) is 0.0237. The number of carbonyl (C=O) groups is 1. The van der Waals surface area contributed by atoms with Crippen molar-refractivity contribution in [3.05, 3.63) is 29.8 Å². The zero-order chi connectivity index (χ0) is 13.8. The highest BCUT2D eigenvalue weighted by Crippen LogP contribution is 2.25. The van der Waals surface area contributed by atoms with Gasteiger partial charge in [-0.2, -0.15) is 0 Å². The summed E-state index contributed by atoms with van der Waals surface area (Å²) in [5.74, 6) is -1.47. The average molecular weight is 270 g/mol. The Kier molecular flexibility index (Phi) is 4.31. The van der Waals surface area contributed by atoms with Gasteiger partial charge in [0.2, 0.25) is 0 Å². The van der Waals surface area contributed by atoms with Gasteiger partial charge in [0.1, 0.15) is 11.6 Å². The van der Waals surface area contributed by atoms with Gasteiger partial charge in [0.05, 0.1) is 5.69 Å². The molecule has 1 aliphatic rings. The highest BCUT2D eigenvalue weighted by atomic mass is 19.1. The molecule has 0 bridgehead atoms. The molecule has 2 unspecified atom stereocenters. The fraction of sp³-hybridized carbons (Fsp3) is 0.462. The summed E-state index contributed by atoms with van der Waals surface area (Å²) in [7, 11) is 0. The number of nitrogens with one attached hydrogen (secondary N) is 2. The highest BCUT2D eigenvalue weighted by molar-refractivity contribution is 5.89. The predicted octanol–water partition coefficient (Wildman–Crippen LogP) is 2.25. The summed E-state index contributed by atoms with van der Waals surface area (Å²) >= 11 is 0. The van der Waals surface area contributed by atoms with E-state index in [1.54, 1.807) is 0 Å². The maximum Gasteiger partial charge on any atom is 0.319 e. The Bertz CT molecular complexity index is 468. The maximum atomic E-state index is 13.3. The predicted molar refractivity (Wildman–Crippen MR) is 66.7 cm³/mol. The largest absolute Gasteiger partial charge is 0.396 e. The van der Waals surface area contributed by atoms with E-state index in [9.17, 15) is 13.6 Å². The molecule has 1 aromatic carbocycles. The molecule has 0 spiro atoms. The normalized spacial score (nSPS) is 22.3. The standard InChI is InChI=1S/C13H16F2N2O2/c14-9-4-5-12(10(15)6-9)17-13(19)16-11-3-1-2-8(11)7-18/h4-6,8,11,18H,1-3,7H2,(H2,16,17,19). The van der Waals surface area contributed by atoms with Gasteiger partial charge in [-0.25, -0.2) is 13.6 Å². The van der Waals surface area contributed by atoms with Gasteiger partial charge in [-0.1, -0.05) is 6.42 Å². The molecule has 0 radical (unpaired) electrons. The molecule has 1 aromatic rings. The van der Waals surface area contributed by atoms with Crippen LogP contribution in [0.25, 0.3) is 0 Å². The van der Waals surface area contributed by atoms with Crippen LogP contribution in [-0.2, 0) is 0 Å². The number of amides is 2. The number of carbonyl (C=O) groups excluding carboxylic acids is 1. The molecule has 0 saturated heterocycles. The van der Waals surface area contributed by atoms with E-state index in [2.05, 4.69) is 10.6 Å². The van der Waals surface area contributed by atoms with Crippen LogP contribution in [-0.4, -0.2) is 23.8 Å². The molecular formula is C13H16F2N2O2. The van der Waals surface area contributed by atoms with Crippen molar-refractivity contribution in [2.24, 2.45) is 5.92 Å². The Balaban J connectivity index is 1.94. The van der Waals surface area contributed by atoms with Crippen LogP contribution in [0, 0.1) is 17.6 Å². The van der Waals surface area contributed by atoms with E-state index in [4.69, 9.17) is 5.11 Å². The number of hydrogen-bond donors (Lipinski definition) is 3. The number of aliphatic hydroxyl groups excluding tert-OH is 1. The lowest BCUT2D eigenvalue weighted by molar-refractivity contribution is 0.203. The fourth-order valence-corrected chi connectivity index (χ4v) is 2.36. The summed E-state index contributed by atoms with van der Waals surface area (Å²) in [6, 6.07) is 2.30. The third-order valence-corrected chi connectivity index (χ3v) is 3.39. The molecule has 19 heavy (non-hydrogen) atoms. The minimum atomic E-state index is -0.819. The second-order valence-corrected chi connectivity index (χ2v) is 4.70. The molecule has 1 aliphatic carbocycles. The molecule has 6 heteroatoms. The molecule has 0 aliphatic heterocycles. The molecule has 0 heterocycles. The minimum absolute atomic E-state index is 0.0237. The van der Waals surface area contributed by atoms with Gasteiger partial charge >= 0.3 is 6.03 Å². The van der Waals surface area contributed by atoms with Gasteiger partial charge in [-0.3, -0.25) is 0 Å². The van der Waals surface area contributed by atoms with Gasteiger partial charge in [0.25, 0.3) is 0 Å². The van der Waals surface area contributed by atoms with Crippen LogP contribution in [0.2, 0.25) is 0 Å². The molecular weight excluding hydrogens is 254 g/mol. The second-order valence-electron chi connectivity index (χ2n) is 4.70. The van der Waals surface area contributed by atoms with Crippen molar-refractivity contribution >= 4 is 11.7 Å². The molecule has 2 rings (SSSR count). The monoisotopic (exact) mass is 270 g/mol. The second kappa shape index (κ2) is 5.97. The van der Waals surface area contributed by atoms with Gasteiger partial charge in [-0.15, -0.1) is 0 Å². The average Bonchev–Trinajstić information content (AvgIpc) is 2.80. The third kappa shape index (κ3) is 3.41. The number of halogens is 2. The van der Waals surface area contributed by atoms with Gasteiger partial charge in [0.15, 0.2) is 0 Å². The van der Waals surface area contributed by atoms with Gasteiger partial charge in [-0.05, 0) is 25.0 Å². The number of benzene rings is 1. The Hall–Kier alpha value is -1.69. The lowest BCUT2D eigenvalue weighted by Gasteiger charge is -2.19. The first-order valence-corrected chi connectivity index (χ1v) is 6.23. The first kappa shape index (κ1) is 13.7. The first-order valence-electron chi connectivity index (χ1n) is 6.23. The molecule has 104 valence electrons. The van der Waals surface area contributed by atoms with Crippen LogP contribution in [0.3, 0.4) is 0 Å². The quantitative estimate of drug-likeness (QED) is 0.789. The van der Waals surface area contributed by atoms with Crippen molar-refractivity contribution in [2.75, 3.05) is 11.9 Å². The van der Waals surface area contributed by atoms with E-state index < -0.39 is 17.7 Å². The third-order valence-electron chi connectivity index (χ3n) is 3.39. The summed E-state index contributed by atoms with van der Waals surface area (Å²) in [4.78, 5) is 11.7. The Labute approximate surface area is 109 Å². The van der Waals surface area contributed by atoms with Crippen molar-refractivity contribution in [1.82, 2.24) is 5.32 Å². The molecule has 2 amide bonds. The van der Waals surface area contributed by atoms with Crippen molar-refractivity contribution < 1.29 is 18.7 Å². The summed E-state index contributed by atoms with van der Waals surface area (Å²) < 4.78 is 26.1. The Morgan fingerprint density at radius 3 is 2.84 bits per heavy atom. The molecule has 1 saturated carbocycles. The van der Waals surface area contributed by atoms with E-state index in [-0.39, 0.29) is 24.3 Å². The number of anilines is 1. The molecule has 0 aromatic heterocycles. The van der Waals surface area contributed by atoms with E-state index in [1.165, 1.54) is 6.07 Å². The number of urea groups is 1. The van der Waals surface area contributed by atoms with Crippen molar-refractivity contribution in [1.29, 1.82) is 0 Å². The lowest BCUT2D eigenvalue weighted by Crippen LogP contribution is -2.41. The van der Waals surface area contributed by atoms with Crippen LogP contribution >= 0.6 is 0 Å². The Morgan fingerprint density at radius 2 is 2.16 bits per heavy atom. The number of aliphatic hydroxyl groups is 1. The van der Waals surface area contributed by atoms with Crippen molar-refractivity contribution in [2.45, 2.75) is 25.3 Å². The van der Waals surface area contributed by atoms with E-state index in [1.807, 2.05) is 0 Å². The number of rotatable bonds is 3. The van der Waals surface area contributed by atoms with Crippen molar-refractivity contribution in [3.63, 3.8) is 0 Å². The van der Waals surface area contributed by atoms with E-state index >= 15 is 0 Å². The SMILES string of the molecule is O=C(Nc1ccc(F)cc1F)NC1CCCC1CO. The van der Waals surface area contributed by atoms with Crippen LogP contribution in [0.1, 0.15) is 19.3 Å². The maximum absolute atomic E-state index is 13.3. The summed E-state index contributed by atoms with van der Waals surface area (Å²) in [6.07, 6.45) is 2.61. The zero-order valence-corrected chi connectivity index (χ0v) is 10.3. The fourth-order valence-electron chi connectivity index (χ4n) is 2.36. The highest BCUT2D eigenvalue weighted by Gasteiger charge is 2.27. The van der Waals surface area contributed by atoms with Gasteiger partial charge < -0.3 is 15.7 Å². The molecule has 2 atom stereocenters. The molecule has 1 fully saturated rings. The van der Waals surface area contributed by atoms with Gasteiger partial charge in [0, 0.05) is 24.6 Å². The zero-order valence-electron chi connectivity index (χ0n) is 10.3. The van der Waals surface area contributed by atoms with Crippen molar-refractivity contribution in [3.8, 4) is 0 Å². The Morgan fingerprint density at radius 1 is 1.37 bits per heavy atom. The smallest absolute Gasteiger partial charge is 0.319 e. The first-order chi connectivity index (χ1) is 9.10. The molecule has 4 nitrogen and oxygen atoms in total. The minimum Gasteiger partial charge on any atom is -0.396 e.